The van der Waals surface area contributed by atoms with E-state index in [0.717, 1.165) is 76.2 Å². The number of nitrogens with one attached hydrogen (secondary N) is 2. The van der Waals surface area contributed by atoms with Crippen molar-refractivity contribution in [3.63, 3.8) is 0 Å². The van der Waals surface area contributed by atoms with E-state index < -0.39 is 0 Å². The number of halogens is 1. The van der Waals surface area contributed by atoms with Crippen LogP contribution in [-0.2, 0) is 6.42 Å². The number of hydrogen-bond acceptors (Lipinski definition) is 7. The number of imidazole rings is 1. The molecule has 2 amide bonds. The van der Waals surface area contributed by atoms with Crippen LogP contribution in [0.5, 0.6) is 0 Å². The first-order valence-corrected chi connectivity index (χ1v) is 14.7. The van der Waals surface area contributed by atoms with Crippen LogP contribution < -0.4 is 5.32 Å². The number of urea groups is 1. The van der Waals surface area contributed by atoms with E-state index in [0.29, 0.717) is 36.2 Å². The number of benzene rings is 1. The van der Waals surface area contributed by atoms with Gasteiger partial charge < -0.3 is 20.1 Å². The molecule has 10 nitrogen and oxygen atoms in total. The monoisotopic (exact) mass is 591 g/mol. The number of nitrogens with zero attached hydrogens (tertiary/aromatic N) is 7. The van der Waals surface area contributed by atoms with Gasteiger partial charge in [-0.05, 0) is 49.7 Å². The predicted molar refractivity (Wildman–Crippen MR) is 169 cm³/mol. The van der Waals surface area contributed by atoms with Gasteiger partial charge in [0.1, 0.15) is 5.71 Å². The molecule has 6 heterocycles. The highest BCUT2D eigenvalue weighted by molar-refractivity contribution is 6.30. The number of pyridine rings is 3. The van der Waals surface area contributed by atoms with Crippen LogP contribution in [0.2, 0.25) is 5.02 Å². The third-order valence-corrected chi connectivity index (χ3v) is 8.17. The number of hydrogen-bond donors (Lipinski definition) is 2. The van der Waals surface area contributed by atoms with Crippen LogP contribution in [-0.4, -0.2) is 86.2 Å². The molecule has 5 aromatic rings. The summed E-state index contributed by atoms with van der Waals surface area (Å²) >= 11 is 6.28. The van der Waals surface area contributed by atoms with Gasteiger partial charge in [-0.2, -0.15) is 0 Å². The maximum absolute atomic E-state index is 12.9. The van der Waals surface area contributed by atoms with Gasteiger partial charge in [-0.15, -0.1) is 0 Å². The van der Waals surface area contributed by atoms with E-state index in [4.69, 9.17) is 26.6 Å². The van der Waals surface area contributed by atoms with Crippen LogP contribution >= 0.6 is 11.6 Å². The number of amides is 2. The zero-order chi connectivity index (χ0) is 29.3. The highest BCUT2D eigenvalue weighted by Crippen LogP contribution is 2.30. The number of anilines is 1. The van der Waals surface area contributed by atoms with E-state index >= 15 is 0 Å². The third kappa shape index (κ3) is 5.59. The third-order valence-electron chi connectivity index (χ3n) is 7.93. The number of aromatic nitrogens is 5. The van der Waals surface area contributed by atoms with Crippen LogP contribution in [0.15, 0.2) is 72.4 Å². The van der Waals surface area contributed by atoms with Crippen LogP contribution in [0, 0.1) is 0 Å². The molecule has 2 N–H and O–H groups in total. The summed E-state index contributed by atoms with van der Waals surface area (Å²) < 4.78 is 0. The Kier molecular flexibility index (Phi) is 7.30. The number of aliphatic imine (C=N–C) groups is 1. The van der Waals surface area contributed by atoms with Gasteiger partial charge in [-0.1, -0.05) is 23.7 Å². The molecule has 0 aliphatic carbocycles. The first-order valence-electron chi connectivity index (χ1n) is 14.4. The number of likely N-dealkylation sites (N-methyl/N-ethyl adjacent to an activating group) is 1. The lowest BCUT2D eigenvalue weighted by Crippen LogP contribution is -2.48. The molecule has 0 atom stereocenters. The van der Waals surface area contributed by atoms with E-state index in [9.17, 15) is 4.79 Å². The zero-order valence-corrected chi connectivity index (χ0v) is 24.5. The fourth-order valence-corrected chi connectivity index (χ4v) is 5.76. The van der Waals surface area contributed by atoms with E-state index in [1.807, 2.05) is 47.6 Å². The van der Waals surface area contributed by atoms with Gasteiger partial charge in [0.05, 0.1) is 29.1 Å². The molecule has 1 aromatic carbocycles. The minimum atomic E-state index is -0.113. The number of carbonyl (C=O) groups is 1. The molecule has 43 heavy (non-hydrogen) atoms. The Hall–Kier alpha value is -4.67. The van der Waals surface area contributed by atoms with Crippen molar-refractivity contribution in [3.8, 4) is 22.3 Å². The van der Waals surface area contributed by atoms with Crippen LogP contribution in [0.4, 0.5) is 10.5 Å². The Morgan fingerprint density at radius 1 is 0.930 bits per heavy atom. The molecule has 1 saturated heterocycles. The second kappa shape index (κ2) is 11.5. The summed E-state index contributed by atoms with van der Waals surface area (Å²) in [5.74, 6) is 0.666. The molecule has 0 radical (unpaired) electrons. The molecule has 4 aromatic heterocycles. The number of fused-ring (bicyclic) bond motifs is 2. The largest absolute Gasteiger partial charge is 0.335 e. The lowest BCUT2D eigenvalue weighted by Gasteiger charge is -2.32. The maximum Gasteiger partial charge on any atom is 0.321 e. The Balaban J connectivity index is 1.21. The second-order valence-corrected chi connectivity index (χ2v) is 11.4. The fourth-order valence-electron chi connectivity index (χ4n) is 5.57. The van der Waals surface area contributed by atoms with Crippen molar-refractivity contribution in [1.82, 2.24) is 34.7 Å². The highest BCUT2D eigenvalue weighted by atomic mass is 35.5. The Labute approximate surface area is 253 Å². The summed E-state index contributed by atoms with van der Waals surface area (Å²) in [6, 6.07) is 11.6. The average Bonchev–Trinajstić information content (AvgIpc) is 3.34. The predicted octanol–water partition coefficient (Wildman–Crippen LogP) is 5.30. The van der Waals surface area contributed by atoms with Gasteiger partial charge in [-0.25, -0.2) is 9.78 Å². The van der Waals surface area contributed by atoms with Gasteiger partial charge in [0.2, 0.25) is 0 Å². The van der Waals surface area contributed by atoms with Crippen LogP contribution in [0.3, 0.4) is 0 Å². The summed E-state index contributed by atoms with van der Waals surface area (Å²) in [5, 5.41) is 3.67. The van der Waals surface area contributed by atoms with Crippen LogP contribution in [0.1, 0.15) is 23.5 Å². The number of H-pyrrole nitrogens is 1. The molecule has 216 valence electrons. The van der Waals surface area contributed by atoms with Crippen molar-refractivity contribution < 1.29 is 4.79 Å². The minimum absolute atomic E-state index is 0.113. The van der Waals surface area contributed by atoms with Crippen molar-refractivity contribution in [2.24, 2.45) is 4.99 Å². The van der Waals surface area contributed by atoms with Gasteiger partial charge in [0, 0.05) is 84.3 Å². The molecule has 0 saturated carbocycles. The average molecular weight is 592 g/mol. The summed E-state index contributed by atoms with van der Waals surface area (Å²) in [6.07, 6.45) is 10.6. The minimum Gasteiger partial charge on any atom is -0.335 e. The normalized spacial score (nSPS) is 15.6. The van der Waals surface area contributed by atoms with Gasteiger partial charge in [0.25, 0.3) is 0 Å². The summed E-state index contributed by atoms with van der Waals surface area (Å²) in [5.41, 5.74) is 8.51. The lowest BCUT2D eigenvalue weighted by molar-refractivity contribution is 0.164. The van der Waals surface area contributed by atoms with E-state index in [-0.39, 0.29) is 6.03 Å². The molecule has 0 spiro atoms. The van der Waals surface area contributed by atoms with E-state index in [1.54, 1.807) is 18.6 Å². The van der Waals surface area contributed by atoms with Crippen molar-refractivity contribution in [3.05, 3.63) is 89.5 Å². The zero-order valence-electron chi connectivity index (χ0n) is 23.7. The van der Waals surface area contributed by atoms with Gasteiger partial charge in [0.15, 0.2) is 5.82 Å². The van der Waals surface area contributed by atoms with E-state index in [1.165, 1.54) is 0 Å². The molecule has 2 aliphatic rings. The van der Waals surface area contributed by atoms with Crippen molar-refractivity contribution in [2.75, 3.05) is 45.1 Å². The molecular weight excluding hydrogens is 562 g/mol. The first kappa shape index (κ1) is 27.2. The maximum atomic E-state index is 12.9. The lowest BCUT2D eigenvalue weighted by atomic mass is 10.0. The Morgan fingerprint density at radius 2 is 1.77 bits per heavy atom. The summed E-state index contributed by atoms with van der Waals surface area (Å²) in [7, 11) is 2.07. The first-order chi connectivity index (χ1) is 21.0. The second-order valence-electron chi connectivity index (χ2n) is 10.9. The molecule has 0 bridgehead atoms. The van der Waals surface area contributed by atoms with Gasteiger partial charge in [-0.3, -0.25) is 19.9 Å². The number of aryl methyl sites for hydroxylation is 1. The fraction of sp³-hybridized carbons (Fsp3) is 0.250. The Morgan fingerprint density at radius 3 is 2.63 bits per heavy atom. The molecule has 7 rings (SSSR count). The molecule has 2 aliphatic heterocycles. The van der Waals surface area contributed by atoms with Crippen molar-refractivity contribution in [1.29, 1.82) is 0 Å². The van der Waals surface area contributed by atoms with Crippen molar-refractivity contribution >= 4 is 40.1 Å². The smallest absolute Gasteiger partial charge is 0.321 e. The topological polar surface area (TPSA) is 115 Å². The van der Waals surface area contributed by atoms with Gasteiger partial charge >= 0.3 is 6.03 Å². The molecular formula is C32H30ClN9O. The highest BCUT2D eigenvalue weighted by Gasteiger charge is 2.22. The molecule has 0 unspecified atom stereocenters. The van der Waals surface area contributed by atoms with E-state index in [2.05, 4.69) is 38.3 Å². The number of aromatic amines is 1. The number of rotatable bonds is 4. The summed E-state index contributed by atoms with van der Waals surface area (Å²) in [4.78, 5) is 44.1. The Bertz CT molecular complexity index is 1860. The summed E-state index contributed by atoms with van der Waals surface area (Å²) in [6.45, 7) is 3.79. The SMILES string of the molecule is CN1CCN(C(=O)Nc2cncc(-c3cnc4c(c3)C(c3nc5c(-c6cccc(Cl)c6)cncc5[nH]3)=NCCC4)c2)CC1. The van der Waals surface area contributed by atoms with Crippen molar-refractivity contribution in [2.45, 2.75) is 12.8 Å². The quantitative estimate of drug-likeness (QED) is 0.293. The standard InChI is InChI=1S/C32H30ClN9O/c1-41-8-10-42(11-9-41)32(43)38-24-13-21(15-34-17-24)22-14-25-27(37-16-22)6-3-7-36-30(25)31-39-28-19-35-18-26(29(28)40-31)20-4-2-5-23(33)12-20/h2,4-5,12-19H,3,6-11H2,1H3,(H,38,43)(H,39,40). The number of piperazine rings is 1. The molecule has 11 heteroatoms. The van der Waals surface area contributed by atoms with Crippen LogP contribution in [0.25, 0.3) is 33.3 Å². The molecule has 1 fully saturated rings. The number of carbonyl (C=O) groups excluding carboxylic acids is 1.